The minimum absolute atomic E-state index is 0.0222. The third-order valence-corrected chi connectivity index (χ3v) is 3.23. The lowest BCUT2D eigenvalue weighted by Gasteiger charge is -2.28. The van der Waals surface area contributed by atoms with Crippen LogP contribution in [0.25, 0.3) is 0 Å². The van der Waals surface area contributed by atoms with Crippen LogP contribution in [-0.2, 0) is 9.47 Å². The zero-order valence-electron chi connectivity index (χ0n) is 10.1. The van der Waals surface area contributed by atoms with Gasteiger partial charge in [-0.3, -0.25) is 0 Å². The molecule has 0 amide bonds. The Morgan fingerprint density at radius 1 is 1.40 bits per heavy atom. The average Bonchev–Trinajstić information content (AvgIpc) is 2.61. The molecule has 1 aliphatic rings. The lowest BCUT2D eigenvalue weighted by molar-refractivity contribution is -0.0431. The SMILES string of the molecule is CCOCCCOC1(CN)CCC(C)C1. The molecule has 0 aromatic carbocycles. The van der Waals surface area contributed by atoms with Gasteiger partial charge in [0.2, 0.25) is 0 Å². The Kier molecular flexibility index (Phi) is 5.58. The molecule has 1 saturated carbocycles. The fourth-order valence-corrected chi connectivity index (χ4v) is 2.32. The highest BCUT2D eigenvalue weighted by molar-refractivity contribution is 4.90. The summed E-state index contributed by atoms with van der Waals surface area (Å²) in [5, 5.41) is 0. The lowest BCUT2D eigenvalue weighted by Crippen LogP contribution is -2.38. The molecule has 0 aliphatic heterocycles. The minimum atomic E-state index is -0.0222. The van der Waals surface area contributed by atoms with Crippen LogP contribution < -0.4 is 5.73 Å². The maximum atomic E-state index is 5.95. The Bertz CT molecular complexity index is 175. The second kappa shape index (κ2) is 6.46. The maximum Gasteiger partial charge on any atom is 0.0806 e. The van der Waals surface area contributed by atoms with Gasteiger partial charge in [0.25, 0.3) is 0 Å². The molecule has 0 bridgehead atoms. The lowest BCUT2D eigenvalue weighted by atomic mass is 10.0. The Balaban J connectivity index is 2.17. The second-order valence-electron chi connectivity index (χ2n) is 4.63. The number of hydrogen-bond donors (Lipinski definition) is 1. The molecule has 0 spiro atoms. The van der Waals surface area contributed by atoms with Gasteiger partial charge in [0, 0.05) is 26.4 Å². The zero-order valence-corrected chi connectivity index (χ0v) is 10.1. The van der Waals surface area contributed by atoms with Crippen molar-refractivity contribution in [1.82, 2.24) is 0 Å². The molecule has 15 heavy (non-hydrogen) atoms. The van der Waals surface area contributed by atoms with Crippen LogP contribution >= 0.6 is 0 Å². The molecule has 0 saturated heterocycles. The molecular formula is C12H25NO2. The van der Waals surface area contributed by atoms with E-state index in [-0.39, 0.29) is 5.60 Å². The van der Waals surface area contributed by atoms with E-state index < -0.39 is 0 Å². The second-order valence-corrected chi connectivity index (χ2v) is 4.63. The maximum absolute atomic E-state index is 5.95. The van der Waals surface area contributed by atoms with Gasteiger partial charge in [0.15, 0.2) is 0 Å². The largest absolute Gasteiger partial charge is 0.382 e. The van der Waals surface area contributed by atoms with Crippen LogP contribution in [-0.4, -0.2) is 32.0 Å². The van der Waals surface area contributed by atoms with Gasteiger partial charge in [-0.1, -0.05) is 6.92 Å². The molecule has 3 heteroatoms. The first-order valence-electron chi connectivity index (χ1n) is 6.14. The van der Waals surface area contributed by atoms with Crippen molar-refractivity contribution in [1.29, 1.82) is 0 Å². The van der Waals surface area contributed by atoms with Crippen LogP contribution in [0.5, 0.6) is 0 Å². The van der Waals surface area contributed by atoms with Crippen LogP contribution in [0.15, 0.2) is 0 Å². The average molecular weight is 215 g/mol. The number of ether oxygens (including phenoxy) is 2. The zero-order chi connectivity index (χ0) is 11.1. The summed E-state index contributed by atoms with van der Waals surface area (Å²) in [6.07, 6.45) is 4.48. The van der Waals surface area contributed by atoms with Gasteiger partial charge < -0.3 is 15.2 Å². The molecule has 1 fully saturated rings. The van der Waals surface area contributed by atoms with Crippen LogP contribution in [0.2, 0.25) is 0 Å². The summed E-state index contributed by atoms with van der Waals surface area (Å²) in [5.74, 6) is 0.764. The van der Waals surface area contributed by atoms with Crippen molar-refractivity contribution in [3.63, 3.8) is 0 Å². The van der Waals surface area contributed by atoms with Gasteiger partial charge in [0.1, 0.15) is 0 Å². The van der Waals surface area contributed by atoms with Gasteiger partial charge in [-0.2, -0.15) is 0 Å². The van der Waals surface area contributed by atoms with E-state index in [1.54, 1.807) is 0 Å². The summed E-state index contributed by atoms with van der Waals surface area (Å²) in [5.41, 5.74) is 5.79. The quantitative estimate of drug-likeness (QED) is 0.660. The summed E-state index contributed by atoms with van der Waals surface area (Å²) in [4.78, 5) is 0. The van der Waals surface area contributed by atoms with Gasteiger partial charge in [0.05, 0.1) is 5.60 Å². The van der Waals surface area contributed by atoms with Crippen LogP contribution in [0.4, 0.5) is 0 Å². The fourth-order valence-electron chi connectivity index (χ4n) is 2.32. The van der Waals surface area contributed by atoms with E-state index >= 15 is 0 Å². The molecule has 0 aromatic rings. The normalized spacial score (nSPS) is 31.0. The van der Waals surface area contributed by atoms with E-state index in [9.17, 15) is 0 Å². The van der Waals surface area contributed by atoms with Crippen molar-refractivity contribution in [3.05, 3.63) is 0 Å². The Labute approximate surface area is 93.3 Å². The number of rotatable bonds is 7. The first-order chi connectivity index (χ1) is 7.22. The molecule has 2 N–H and O–H groups in total. The Hall–Kier alpha value is -0.120. The van der Waals surface area contributed by atoms with E-state index in [0.717, 1.165) is 45.0 Å². The van der Waals surface area contributed by atoms with Crippen LogP contribution in [0.3, 0.4) is 0 Å². The first-order valence-corrected chi connectivity index (χ1v) is 6.14. The van der Waals surface area contributed by atoms with E-state index in [4.69, 9.17) is 15.2 Å². The molecule has 90 valence electrons. The van der Waals surface area contributed by atoms with Gasteiger partial charge >= 0.3 is 0 Å². The highest BCUT2D eigenvalue weighted by atomic mass is 16.5. The molecule has 3 nitrogen and oxygen atoms in total. The predicted molar refractivity (Wildman–Crippen MR) is 61.9 cm³/mol. The molecule has 2 atom stereocenters. The third-order valence-electron chi connectivity index (χ3n) is 3.23. The minimum Gasteiger partial charge on any atom is -0.382 e. The van der Waals surface area contributed by atoms with Crippen molar-refractivity contribution >= 4 is 0 Å². The van der Waals surface area contributed by atoms with Gasteiger partial charge in [-0.25, -0.2) is 0 Å². The summed E-state index contributed by atoms with van der Waals surface area (Å²) >= 11 is 0. The fraction of sp³-hybridized carbons (Fsp3) is 1.00. The van der Waals surface area contributed by atoms with E-state index in [1.807, 2.05) is 6.92 Å². The van der Waals surface area contributed by atoms with Crippen molar-refractivity contribution in [3.8, 4) is 0 Å². The Morgan fingerprint density at radius 3 is 2.73 bits per heavy atom. The predicted octanol–water partition coefficient (Wildman–Crippen LogP) is 1.95. The van der Waals surface area contributed by atoms with Gasteiger partial charge in [-0.15, -0.1) is 0 Å². The molecular weight excluding hydrogens is 190 g/mol. The van der Waals surface area contributed by atoms with Crippen molar-refractivity contribution in [2.75, 3.05) is 26.4 Å². The summed E-state index contributed by atoms with van der Waals surface area (Å²) in [6.45, 7) is 7.32. The smallest absolute Gasteiger partial charge is 0.0806 e. The van der Waals surface area contributed by atoms with Crippen LogP contribution in [0, 0.1) is 5.92 Å². The van der Waals surface area contributed by atoms with E-state index in [1.165, 1.54) is 6.42 Å². The van der Waals surface area contributed by atoms with E-state index in [0.29, 0.717) is 6.54 Å². The Morgan fingerprint density at radius 2 is 2.20 bits per heavy atom. The summed E-state index contributed by atoms with van der Waals surface area (Å²) < 4.78 is 11.2. The molecule has 0 radical (unpaired) electrons. The van der Waals surface area contributed by atoms with Crippen LogP contribution in [0.1, 0.15) is 39.5 Å². The highest BCUT2D eigenvalue weighted by Gasteiger charge is 2.36. The van der Waals surface area contributed by atoms with E-state index in [2.05, 4.69) is 6.92 Å². The number of nitrogens with two attached hydrogens (primary N) is 1. The standard InChI is InChI=1S/C12H25NO2/c1-3-14-7-4-8-15-12(10-13)6-5-11(2)9-12/h11H,3-10,13H2,1-2H3. The summed E-state index contributed by atoms with van der Waals surface area (Å²) in [7, 11) is 0. The molecule has 0 heterocycles. The van der Waals surface area contributed by atoms with Crippen molar-refractivity contribution < 1.29 is 9.47 Å². The third kappa shape index (κ3) is 4.09. The highest BCUT2D eigenvalue weighted by Crippen LogP contribution is 2.36. The molecule has 1 aliphatic carbocycles. The number of hydrogen-bond acceptors (Lipinski definition) is 3. The van der Waals surface area contributed by atoms with Crippen molar-refractivity contribution in [2.45, 2.75) is 45.1 Å². The van der Waals surface area contributed by atoms with Gasteiger partial charge in [-0.05, 0) is 38.5 Å². The topological polar surface area (TPSA) is 44.5 Å². The molecule has 0 aromatic heterocycles. The van der Waals surface area contributed by atoms with Crippen molar-refractivity contribution in [2.24, 2.45) is 11.7 Å². The molecule has 1 rings (SSSR count). The molecule has 2 unspecified atom stereocenters. The first kappa shape index (κ1) is 12.9. The summed E-state index contributed by atoms with van der Waals surface area (Å²) in [6, 6.07) is 0. The monoisotopic (exact) mass is 215 g/mol.